The number of pyridine rings is 1. The Morgan fingerprint density at radius 3 is 2.62 bits per heavy atom. The van der Waals surface area contributed by atoms with Crippen molar-refractivity contribution in [3.05, 3.63) is 59.4 Å². The number of carbonyl (C=O) groups excluding carboxylic acids is 2. The highest BCUT2D eigenvalue weighted by Gasteiger charge is 2.46. The third kappa shape index (κ3) is 4.53. The van der Waals surface area contributed by atoms with Crippen LogP contribution in [0.5, 0.6) is 0 Å². The van der Waals surface area contributed by atoms with Crippen LogP contribution in [0.25, 0.3) is 0 Å². The Morgan fingerprint density at radius 1 is 1.29 bits per heavy atom. The van der Waals surface area contributed by atoms with E-state index in [-0.39, 0.29) is 23.7 Å². The molecule has 0 bridgehead atoms. The molecule has 0 spiro atoms. The van der Waals surface area contributed by atoms with Gasteiger partial charge in [-0.25, -0.2) is 4.79 Å². The van der Waals surface area contributed by atoms with Crippen molar-refractivity contribution < 1.29 is 22.8 Å². The number of anilines is 1. The second-order valence-corrected chi connectivity index (χ2v) is 9.35. The number of alkyl halides is 3. The number of halogens is 3. The van der Waals surface area contributed by atoms with Crippen LogP contribution in [0.3, 0.4) is 0 Å². The largest absolute Gasteiger partial charge is 0.414 e. The number of nitrogens with one attached hydrogen (secondary N) is 2. The summed E-state index contributed by atoms with van der Waals surface area (Å²) in [4.78, 5) is 30.1. The van der Waals surface area contributed by atoms with E-state index < -0.39 is 30.7 Å². The smallest absolute Gasteiger partial charge is 0.380 e. The first-order chi connectivity index (χ1) is 16.0. The molecular formula is C24H28F3N5O2. The number of likely N-dealkylation sites (N-methyl/N-ethyl adjacent to an activating group) is 1. The molecule has 1 aliphatic carbocycles. The number of carbonyl (C=O) groups is 2. The van der Waals surface area contributed by atoms with Gasteiger partial charge in [0.15, 0.2) is 6.04 Å². The van der Waals surface area contributed by atoms with Gasteiger partial charge in [0, 0.05) is 31.6 Å². The number of benzene rings is 1. The molecule has 4 rings (SSSR count). The minimum Gasteiger partial charge on any atom is -0.380 e. The fourth-order valence-electron chi connectivity index (χ4n) is 4.74. The highest BCUT2D eigenvalue weighted by molar-refractivity contribution is 5.85. The molecule has 1 aromatic heterocycles. The Bertz CT molecular complexity index is 1070. The first-order valence-corrected chi connectivity index (χ1v) is 11.1. The number of nitrogens with zero attached hydrogens (tertiary/aromatic N) is 3. The van der Waals surface area contributed by atoms with Gasteiger partial charge in [0.2, 0.25) is 5.91 Å². The lowest BCUT2D eigenvalue weighted by Gasteiger charge is -2.31. The Labute approximate surface area is 196 Å². The number of hydrogen-bond acceptors (Lipinski definition) is 4. The van der Waals surface area contributed by atoms with E-state index in [4.69, 9.17) is 0 Å². The van der Waals surface area contributed by atoms with Crippen molar-refractivity contribution in [1.29, 1.82) is 0 Å². The van der Waals surface area contributed by atoms with E-state index in [0.29, 0.717) is 17.1 Å². The summed E-state index contributed by atoms with van der Waals surface area (Å²) >= 11 is 0. The summed E-state index contributed by atoms with van der Waals surface area (Å²) in [6, 6.07) is 8.43. The van der Waals surface area contributed by atoms with Gasteiger partial charge in [0.05, 0.1) is 17.6 Å². The molecule has 2 unspecified atom stereocenters. The third-order valence-corrected chi connectivity index (χ3v) is 6.78. The minimum absolute atomic E-state index is 0.0619. The van der Waals surface area contributed by atoms with Crippen molar-refractivity contribution in [3.63, 3.8) is 0 Å². The molecule has 182 valence electrons. The van der Waals surface area contributed by atoms with E-state index >= 15 is 0 Å². The summed E-state index contributed by atoms with van der Waals surface area (Å²) in [5.74, 6) is -0.811. The van der Waals surface area contributed by atoms with E-state index in [1.54, 1.807) is 6.07 Å². The molecule has 1 aromatic carbocycles. The average Bonchev–Trinajstić information content (AvgIpc) is 3.28. The van der Waals surface area contributed by atoms with Crippen LogP contribution in [0.1, 0.15) is 36.7 Å². The van der Waals surface area contributed by atoms with Crippen LogP contribution in [0, 0.1) is 0 Å². The van der Waals surface area contributed by atoms with Gasteiger partial charge in [0.1, 0.15) is 6.54 Å². The number of fused-ring (bicyclic) bond motifs is 1. The summed E-state index contributed by atoms with van der Waals surface area (Å²) < 4.78 is 41.8. The second kappa shape index (κ2) is 8.81. The predicted octanol–water partition coefficient (Wildman–Crippen LogP) is 3.48. The molecule has 7 nitrogen and oxygen atoms in total. The van der Waals surface area contributed by atoms with Gasteiger partial charge < -0.3 is 20.4 Å². The van der Waals surface area contributed by atoms with Gasteiger partial charge in [-0.2, -0.15) is 13.2 Å². The predicted molar refractivity (Wildman–Crippen MR) is 121 cm³/mol. The Hall–Kier alpha value is -3.30. The number of amides is 3. The van der Waals surface area contributed by atoms with Gasteiger partial charge in [-0.05, 0) is 29.7 Å². The fraction of sp³-hybridized carbons (Fsp3) is 0.458. The van der Waals surface area contributed by atoms with Gasteiger partial charge in [0.25, 0.3) is 0 Å². The monoisotopic (exact) mass is 475 g/mol. The van der Waals surface area contributed by atoms with Gasteiger partial charge >= 0.3 is 12.2 Å². The third-order valence-electron chi connectivity index (χ3n) is 6.78. The van der Waals surface area contributed by atoms with Crippen LogP contribution < -0.4 is 10.6 Å². The first-order valence-electron chi connectivity index (χ1n) is 11.1. The van der Waals surface area contributed by atoms with Crippen molar-refractivity contribution in [2.75, 3.05) is 32.0 Å². The second-order valence-electron chi connectivity index (χ2n) is 9.35. The minimum atomic E-state index is -4.73. The van der Waals surface area contributed by atoms with Crippen LogP contribution >= 0.6 is 0 Å². The quantitative estimate of drug-likeness (QED) is 0.671. The first kappa shape index (κ1) is 23.8. The normalized spacial score (nSPS) is 20.0. The maximum atomic E-state index is 13.9. The van der Waals surface area contributed by atoms with Crippen molar-refractivity contribution in [2.24, 2.45) is 0 Å². The summed E-state index contributed by atoms with van der Waals surface area (Å²) in [6.45, 7) is 4.48. The molecule has 1 aliphatic heterocycles. The lowest BCUT2D eigenvalue weighted by molar-refractivity contribution is -0.189. The van der Waals surface area contributed by atoms with Gasteiger partial charge in [-0.15, -0.1) is 0 Å². The molecule has 2 aliphatic rings. The van der Waals surface area contributed by atoms with Gasteiger partial charge in [-0.3, -0.25) is 9.78 Å². The topological polar surface area (TPSA) is 77.6 Å². The lowest BCUT2D eigenvalue weighted by Crippen LogP contribution is -2.45. The summed E-state index contributed by atoms with van der Waals surface area (Å²) in [5.41, 5.74) is 2.67. The Morgan fingerprint density at radius 2 is 2.03 bits per heavy atom. The van der Waals surface area contributed by atoms with E-state index in [9.17, 15) is 22.8 Å². The van der Waals surface area contributed by atoms with E-state index in [0.717, 1.165) is 13.5 Å². The molecule has 0 saturated carbocycles. The standard InChI is InChI=1S/C24H28F3N5O2/c1-23(2)17-7-5-4-6-15(17)12-19(23)30-16-8-9-18(29-13-16)21(24(25,26)27)31(3)20(33)14-32-11-10-28-22(32)34/h4-9,13,19,21,30H,10-12,14H2,1-3H3,(H,28,34). The molecule has 2 N–H and O–H groups in total. The molecule has 3 amide bonds. The molecule has 2 atom stereocenters. The zero-order chi connectivity index (χ0) is 24.7. The maximum Gasteiger partial charge on any atom is 0.414 e. The lowest BCUT2D eigenvalue weighted by atomic mass is 9.83. The Balaban J connectivity index is 1.49. The molecule has 10 heteroatoms. The van der Waals surface area contributed by atoms with Crippen molar-refractivity contribution >= 4 is 17.6 Å². The van der Waals surface area contributed by atoms with Crippen molar-refractivity contribution in [1.82, 2.24) is 20.1 Å². The maximum absolute atomic E-state index is 13.9. The SMILES string of the molecule is CN(C(=O)CN1CCNC1=O)C(c1ccc(NC2Cc3ccccc3C2(C)C)cn1)C(F)(F)F. The van der Waals surface area contributed by atoms with Crippen LogP contribution in [-0.4, -0.2) is 65.6 Å². The van der Waals surface area contributed by atoms with Crippen molar-refractivity contribution in [2.45, 2.75) is 43.9 Å². The summed E-state index contributed by atoms with van der Waals surface area (Å²) in [7, 11) is 1.08. The highest BCUT2D eigenvalue weighted by Crippen LogP contribution is 2.40. The molecule has 0 radical (unpaired) electrons. The number of urea groups is 1. The van der Waals surface area contributed by atoms with Crippen LogP contribution in [0.4, 0.5) is 23.7 Å². The molecular weight excluding hydrogens is 447 g/mol. The zero-order valence-corrected chi connectivity index (χ0v) is 19.3. The van der Waals surface area contributed by atoms with Crippen molar-refractivity contribution in [3.8, 4) is 0 Å². The fourth-order valence-corrected chi connectivity index (χ4v) is 4.74. The van der Waals surface area contributed by atoms with Crippen LogP contribution in [0.2, 0.25) is 0 Å². The van der Waals surface area contributed by atoms with E-state index in [1.807, 2.05) is 12.1 Å². The molecule has 2 heterocycles. The number of hydrogen-bond donors (Lipinski definition) is 2. The number of aromatic nitrogens is 1. The molecule has 1 saturated heterocycles. The Kier molecular flexibility index (Phi) is 6.18. The van der Waals surface area contributed by atoms with Gasteiger partial charge in [-0.1, -0.05) is 38.1 Å². The molecule has 2 aromatic rings. The zero-order valence-electron chi connectivity index (χ0n) is 19.3. The average molecular weight is 476 g/mol. The van der Waals surface area contributed by atoms with E-state index in [1.165, 1.54) is 28.3 Å². The van der Waals surface area contributed by atoms with Crippen LogP contribution in [-0.2, 0) is 16.6 Å². The number of rotatable bonds is 6. The van der Waals surface area contributed by atoms with Crippen LogP contribution in [0.15, 0.2) is 42.6 Å². The molecule has 1 fully saturated rings. The van der Waals surface area contributed by atoms with E-state index in [2.05, 4.69) is 41.6 Å². The molecule has 34 heavy (non-hydrogen) atoms. The summed E-state index contributed by atoms with van der Waals surface area (Å²) in [6.07, 6.45) is -2.55. The summed E-state index contributed by atoms with van der Waals surface area (Å²) in [5, 5.41) is 5.94. The highest BCUT2D eigenvalue weighted by atomic mass is 19.4.